The zero-order chi connectivity index (χ0) is 8.15. The molecule has 0 aromatic heterocycles. The number of aliphatic hydroxyl groups excluding tert-OH is 2. The first-order valence-electron chi connectivity index (χ1n) is 3.62. The minimum atomic E-state index is -0.565. The number of hydrogen-bond donors (Lipinski definition) is 3. The van der Waals surface area contributed by atoms with Gasteiger partial charge in [0.1, 0.15) is 0 Å². The van der Waals surface area contributed by atoms with Gasteiger partial charge in [-0.3, -0.25) is 0 Å². The first-order chi connectivity index (χ1) is 4.57. The van der Waals surface area contributed by atoms with E-state index < -0.39 is 12.1 Å². The van der Waals surface area contributed by atoms with Crippen LogP contribution in [0.25, 0.3) is 0 Å². The molecule has 0 saturated heterocycles. The number of rotatable bonds is 4. The normalized spacial score (nSPS) is 17.4. The van der Waals surface area contributed by atoms with Crippen molar-refractivity contribution in [2.24, 2.45) is 11.7 Å². The van der Waals surface area contributed by atoms with Gasteiger partial charge in [0, 0.05) is 0 Å². The zero-order valence-corrected chi connectivity index (χ0v) is 6.62. The molecule has 0 aliphatic carbocycles. The average molecular weight is 147 g/mol. The third-order valence-corrected chi connectivity index (χ3v) is 1.42. The Morgan fingerprint density at radius 2 is 1.90 bits per heavy atom. The van der Waals surface area contributed by atoms with E-state index in [0.717, 1.165) is 0 Å². The molecule has 0 fully saturated rings. The Labute approximate surface area is 61.9 Å². The van der Waals surface area contributed by atoms with Crippen molar-refractivity contribution < 1.29 is 10.2 Å². The summed E-state index contributed by atoms with van der Waals surface area (Å²) in [5, 5.41) is 17.7. The third kappa shape index (κ3) is 3.82. The minimum Gasteiger partial charge on any atom is -0.395 e. The van der Waals surface area contributed by atoms with Crippen LogP contribution in [0.15, 0.2) is 0 Å². The highest BCUT2D eigenvalue weighted by Gasteiger charge is 2.14. The Hall–Kier alpha value is -0.120. The lowest BCUT2D eigenvalue weighted by Crippen LogP contribution is -2.38. The summed E-state index contributed by atoms with van der Waals surface area (Å²) in [4.78, 5) is 0. The van der Waals surface area contributed by atoms with E-state index >= 15 is 0 Å². The molecule has 4 N–H and O–H groups in total. The molecule has 2 atom stereocenters. The van der Waals surface area contributed by atoms with Crippen molar-refractivity contribution in [2.45, 2.75) is 32.4 Å². The van der Waals surface area contributed by atoms with Crippen molar-refractivity contribution in [2.75, 3.05) is 6.61 Å². The summed E-state index contributed by atoms with van der Waals surface area (Å²) >= 11 is 0. The molecule has 3 heteroatoms. The second kappa shape index (κ2) is 4.66. The lowest BCUT2D eigenvalue weighted by Gasteiger charge is -2.17. The maximum absolute atomic E-state index is 9.20. The molecule has 0 bridgehead atoms. The van der Waals surface area contributed by atoms with Crippen LogP contribution < -0.4 is 5.73 Å². The molecule has 10 heavy (non-hydrogen) atoms. The average Bonchev–Trinajstić information content (AvgIpc) is 1.85. The Morgan fingerprint density at radius 3 is 2.20 bits per heavy atom. The minimum absolute atomic E-state index is 0.145. The molecule has 1 unspecified atom stereocenters. The maximum Gasteiger partial charge on any atom is 0.0716 e. The molecule has 62 valence electrons. The highest BCUT2D eigenvalue weighted by atomic mass is 16.3. The fourth-order valence-electron chi connectivity index (χ4n) is 0.779. The molecule has 3 nitrogen and oxygen atoms in total. The zero-order valence-electron chi connectivity index (χ0n) is 6.62. The van der Waals surface area contributed by atoms with Gasteiger partial charge in [0.2, 0.25) is 0 Å². The molecule has 0 amide bonds. The van der Waals surface area contributed by atoms with Crippen molar-refractivity contribution in [1.82, 2.24) is 0 Å². The fourth-order valence-corrected chi connectivity index (χ4v) is 0.779. The molecule has 0 aliphatic heterocycles. The van der Waals surface area contributed by atoms with E-state index in [9.17, 15) is 5.11 Å². The molecule has 0 rings (SSSR count). The van der Waals surface area contributed by atoms with Crippen LogP contribution in [0, 0.1) is 5.92 Å². The van der Waals surface area contributed by atoms with Crippen LogP contribution in [0.5, 0.6) is 0 Å². The molecule has 0 saturated carbocycles. The molecule has 0 radical (unpaired) electrons. The van der Waals surface area contributed by atoms with Crippen LogP contribution in [0.1, 0.15) is 20.3 Å². The van der Waals surface area contributed by atoms with E-state index in [1.807, 2.05) is 13.8 Å². The van der Waals surface area contributed by atoms with Crippen molar-refractivity contribution >= 4 is 0 Å². The van der Waals surface area contributed by atoms with Crippen molar-refractivity contribution in [1.29, 1.82) is 0 Å². The van der Waals surface area contributed by atoms with Gasteiger partial charge < -0.3 is 15.9 Å². The van der Waals surface area contributed by atoms with Gasteiger partial charge in [-0.1, -0.05) is 13.8 Å². The van der Waals surface area contributed by atoms with Gasteiger partial charge in [-0.2, -0.15) is 0 Å². The van der Waals surface area contributed by atoms with Gasteiger partial charge in [-0.15, -0.1) is 0 Å². The second-order valence-corrected chi connectivity index (χ2v) is 3.04. The third-order valence-electron chi connectivity index (χ3n) is 1.42. The highest BCUT2D eigenvalue weighted by Crippen LogP contribution is 2.05. The summed E-state index contributed by atoms with van der Waals surface area (Å²) in [6.07, 6.45) is 0.0897. The summed E-state index contributed by atoms with van der Waals surface area (Å²) in [6.45, 7) is 3.87. The van der Waals surface area contributed by atoms with E-state index in [-0.39, 0.29) is 6.61 Å². The Kier molecular flexibility index (Phi) is 4.60. The molecule has 0 aromatic carbocycles. The molecule has 0 heterocycles. The quantitative estimate of drug-likeness (QED) is 0.512. The molecule has 0 aromatic rings. The predicted molar refractivity (Wildman–Crippen MR) is 40.5 cm³/mol. The fraction of sp³-hybridized carbons (Fsp3) is 1.00. The van der Waals surface area contributed by atoms with Crippen LogP contribution in [-0.2, 0) is 0 Å². The second-order valence-electron chi connectivity index (χ2n) is 3.04. The van der Waals surface area contributed by atoms with E-state index in [4.69, 9.17) is 10.8 Å². The topological polar surface area (TPSA) is 66.5 Å². The van der Waals surface area contributed by atoms with Crippen molar-refractivity contribution in [3.8, 4) is 0 Å². The van der Waals surface area contributed by atoms with E-state index in [1.54, 1.807) is 0 Å². The Morgan fingerprint density at radius 1 is 1.40 bits per heavy atom. The lowest BCUT2D eigenvalue weighted by atomic mass is 10.0. The first-order valence-corrected chi connectivity index (χ1v) is 3.62. The van der Waals surface area contributed by atoms with Crippen LogP contribution in [-0.4, -0.2) is 29.0 Å². The largest absolute Gasteiger partial charge is 0.395 e. The Bertz CT molecular complexity index is 85.7. The van der Waals surface area contributed by atoms with E-state index in [1.165, 1.54) is 0 Å². The molecule has 0 spiro atoms. The summed E-state index contributed by atoms with van der Waals surface area (Å²) in [5.41, 5.74) is 5.36. The van der Waals surface area contributed by atoms with Gasteiger partial charge in [0.05, 0.1) is 18.8 Å². The van der Waals surface area contributed by atoms with Gasteiger partial charge >= 0.3 is 0 Å². The number of nitrogens with two attached hydrogens (primary N) is 1. The van der Waals surface area contributed by atoms with Crippen LogP contribution >= 0.6 is 0 Å². The van der Waals surface area contributed by atoms with Gasteiger partial charge in [0.25, 0.3) is 0 Å². The van der Waals surface area contributed by atoms with Crippen LogP contribution in [0.4, 0.5) is 0 Å². The van der Waals surface area contributed by atoms with Crippen molar-refractivity contribution in [3.63, 3.8) is 0 Å². The maximum atomic E-state index is 9.20. The summed E-state index contributed by atoms with van der Waals surface area (Å²) in [6, 6.07) is -0.484. The number of aliphatic hydroxyl groups is 2. The lowest BCUT2D eigenvalue weighted by molar-refractivity contribution is 0.0909. The monoisotopic (exact) mass is 147 g/mol. The molecule has 0 aliphatic rings. The summed E-state index contributed by atoms with van der Waals surface area (Å²) in [7, 11) is 0. The van der Waals surface area contributed by atoms with Crippen LogP contribution in [0.3, 0.4) is 0 Å². The van der Waals surface area contributed by atoms with Gasteiger partial charge in [-0.05, 0) is 12.3 Å². The standard InChI is InChI=1S/C7H17NO2/c1-5(2)3-7(10)6(8)4-9/h5-7,9-10H,3-4,8H2,1-2H3/t6?,7-/m1/s1. The van der Waals surface area contributed by atoms with Crippen LogP contribution in [0.2, 0.25) is 0 Å². The smallest absolute Gasteiger partial charge is 0.0716 e. The predicted octanol–water partition coefficient (Wildman–Crippen LogP) is -0.287. The summed E-state index contributed by atoms with van der Waals surface area (Å²) in [5.74, 6) is 0.424. The molecular formula is C7H17NO2. The SMILES string of the molecule is CC(C)C[C@@H](O)C(N)CO. The Balaban J connectivity index is 3.50. The van der Waals surface area contributed by atoms with E-state index in [2.05, 4.69) is 0 Å². The van der Waals surface area contributed by atoms with E-state index in [0.29, 0.717) is 12.3 Å². The van der Waals surface area contributed by atoms with Crippen molar-refractivity contribution in [3.05, 3.63) is 0 Å². The van der Waals surface area contributed by atoms with Gasteiger partial charge in [0.15, 0.2) is 0 Å². The first kappa shape index (κ1) is 9.88. The highest BCUT2D eigenvalue weighted by molar-refractivity contribution is 4.71. The number of hydrogen-bond acceptors (Lipinski definition) is 3. The van der Waals surface area contributed by atoms with Gasteiger partial charge in [-0.25, -0.2) is 0 Å². The summed E-state index contributed by atoms with van der Waals surface area (Å²) < 4.78 is 0. The molecular weight excluding hydrogens is 130 g/mol.